The average molecular weight is 276 g/mol. The molecule has 8 heteroatoms. The first-order valence-electron chi connectivity index (χ1n) is 5.18. The summed E-state index contributed by atoms with van der Waals surface area (Å²) in [5, 5.41) is 0.0692. The van der Waals surface area contributed by atoms with Crippen LogP contribution in [-0.2, 0) is 10.0 Å². The van der Waals surface area contributed by atoms with E-state index in [-0.39, 0.29) is 16.6 Å². The Morgan fingerprint density at radius 1 is 1.65 bits per heavy atom. The van der Waals surface area contributed by atoms with E-state index in [4.69, 9.17) is 18.0 Å². The minimum atomic E-state index is -3.59. The molecule has 0 aliphatic carbocycles. The molecule has 0 saturated heterocycles. The molecule has 96 valence electrons. The Labute approximate surface area is 106 Å². The lowest BCUT2D eigenvalue weighted by Gasteiger charge is -2.19. The largest absolute Gasteiger partial charge is 0.392 e. The fourth-order valence-electron chi connectivity index (χ4n) is 1.38. The molecule has 1 rings (SSSR count). The fraction of sp³-hybridized carbons (Fsp3) is 0.556. The van der Waals surface area contributed by atoms with Crippen molar-refractivity contribution in [2.45, 2.75) is 25.3 Å². The number of nitrogens with two attached hydrogens (primary N) is 1. The van der Waals surface area contributed by atoms with Crippen molar-refractivity contribution in [3.8, 4) is 0 Å². The number of nitrogens with zero attached hydrogens (tertiary/aromatic N) is 2. The van der Waals surface area contributed by atoms with Crippen molar-refractivity contribution < 1.29 is 8.42 Å². The molecule has 0 aliphatic heterocycles. The number of aryl methyl sites for hydroxylation is 1. The van der Waals surface area contributed by atoms with E-state index in [1.54, 1.807) is 6.92 Å². The third-order valence-corrected chi connectivity index (χ3v) is 3.99. The van der Waals surface area contributed by atoms with Crippen molar-refractivity contribution in [1.29, 1.82) is 0 Å². The zero-order valence-corrected chi connectivity index (χ0v) is 11.4. The van der Waals surface area contributed by atoms with E-state index < -0.39 is 10.0 Å². The van der Waals surface area contributed by atoms with Gasteiger partial charge in [0, 0.05) is 6.54 Å². The highest BCUT2D eigenvalue weighted by atomic mass is 32.2. The van der Waals surface area contributed by atoms with Gasteiger partial charge in [-0.2, -0.15) is 4.31 Å². The van der Waals surface area contributed by atoms with Gasteiger partial charge in [-0.25, -0.2) is 13.4 Å². The highest BCUT2D eigenvalue weighted by molar-refractivity contribution is 7.89. The maximum absolute atomic E-state index is 12.2. The highest BCUT2D eigenvalue weighted by Gasteiger charge is 2.25. The molecular formula is C9H16N4O2S2. The topological polar surface area (TPSA) is 92.1 Å². The zero-order chi connectivity index (χ0) is 13.1. The summed E-state index contributed by atoms with van der Waals surface area (Å²) in [6, 6.07) is 0. The Morgan fingerprint density at radius 2 is 2.29 bits per heavy atom. The van der Waals surface area contributed by atoms with Crippen molar-refractivity contribution >= 4 is 27.2 Å². The van der Waals surface area contributed by atoms with Crippen molar-refractivity contribution in [1.82, 2.24) is 14.3 Å². The lowest BCUT2D eigenvalue weighted by Crippen LogP contribution is -2.38. The van der Waals surface area contributed by atoms with Crippen LogP contribution in [0.2, 0.25) is 0 Å². The first kappa shape index (κ1) is 14.1. The number of hydrogen-bond acceptors (Lipinski definition) is 4. The molecule has 0 radical (unpaired) electrons. The molecule has 1 heterocycles. The van der Waals surface area contributed by atoms with Crippen molar-refractivity contribution in [3.63, 3.8) is 0 Å². The van der Waals surface area contributed by atoms with Crippen LogP contribution >= 0.6 is 12.2 Å². The molecule has 1 aromatic heterocycles. The van der Waals surface area contributed by atoms with Crippen molar-refractivity contribution in [3.05, 3.63) is 12.0 Å². The molecule has 0 aromatic carbocycles. The lowest BCUT2D eigenvalue weighted by atomic mass is 10.5. The number of hydrogen-bond donors (Lipinski definition) is 2. The average Bonchev–Trinajstić information content (AvgIpc) is 2.64. The van der Waals surface area contributed by atoms with Crippen LogP contribution in [-0.4, -0.2) is 40.8 Å². The predicted molar refractivity (Wildman–Crippen MR) is 69.2 cm³/mol. The van der Waals surface area contributed by atoms with Gasteiger partial charge in [-0.15, -0.1) is 0 Å². The van der Waals surface area contributed by atoms with Crippen molar-refractivity contribution in [2.75, 3.05) is 13.1 Å². The summed E-state index contributed by atoms with van der Waals surface area (Å²) in [5.74, 6) is 0.551. The molecule has 3 N–H and O–H groups in total. The summed E-state index contributed by atoms with van der Waals surface area (Å²) < 4.78 is 25.7. The maximum atomic E-state index is 12.2. The van der Waals surface area contributed by atoms with Gasteiger partial charge in [-0.3, -0.25) is 0 Å². The molecule has 0 saturated carbocycles. The number of nitrogens with one attached hydrogen (secondary N) is 1. The van der Waals surface area contributed by atoms with Crippen LogP contribution in [0.25, 0.3) is 0 Å². The summed E-state index contributed by atoms with van der Waals surface area (Å²) in [7, 11) is -3.59. The van der Waals surface area contributed by atoms with Crippen LogP contribution in [0.15, 0.2) is 11.2 Å². The molecule has 0 unspecified atom stereocenters. The Balaban J connectivity index is 3.03. The smallest absolute Gasteiger partial charge is 0.260 e. The SMILES string of the molecule is CCCN(CC(N)=S)S(=O)(=O)c1cnc(C)[nH]1. The number of sulfonamides is 1. The Morgan fingerprint density at radius 3 is 2.71 bits per heavy atom. The van der Waals surface area contributed by atoms with Gasteiger partial charge in [0.1, 0.15) is 5.82 Å². The maximum Gasteiger partial charge on any atom is 0.260 e. The monoisotopic (exact) mass is 276 g/mol. The van der Waals surface area contributed by atoms with Gasteiger partial charge in [0.15, 0.2) is 5.03 Å². The van der Waals surface area contributed by atoms with Gasteiger partial charge in [-0.1, -0.05) is 19.1 Å². The molecule has 0 aliphatic rings. The molecule has 1 aromatic rings. The fourth-order valence-corrected chi connectivity index (χ4v) is 3.09. The van der Waals surface area contributed by atoms with Gasteiger partial charge in [0.2, 0.25) is 0 Å². The van der Waals surface area contributed by atoms with E-state index in [1.165, 1.54) is 10.5 Å². The molecular weight excluding hydrogens is 260 g/mol. The zero-order valence-electron chi connectivity index (χ0n) is 9.80. The number of aromatic nitrogens is 2. The third kappa shape index (κ3) is 3.48. The second-order valence-corrected chi connectivity index (χ2v) is 6.07. The number of thiocarbonyl (C=S) groups is 1. The number of H-pyrrole nitrogens is 1. The van der Waals surface area contributed by atoms with Crippen LogP contribution in [0.3, 0.4) is 0 Å². The quantitative estimate of drug-likeness (QED) is 0.734. The summed E-state index contributed by atoms with van der Waals surface area (Å²) in [4.78, 5) is 6.73. The van der Waals surface area contributed by atoms with Crippen LogP contribution in [0.5, 0.6) is 0 Å². The van der Waals surface area contributed by atoms with Gasteiger partial charge in [0.05, 0.1) is 17.7 Å². The second-order valence-electron chi connectivity index (χ2n) is 3.64. The van der Waals surface area contributed by atoms with Crippen LogP contribution < -0.4 is 5.73 Å². The molecule has 17 heavy (non-hydrogen) atoms. The van der Waals surface area contributed by atoms with Crippen LogP contribution in [0.1, 0.15) is 19.2 Å². The molecule has 0 fully saturated rings. The molecule has 6 nitrogen and oxygen atoms in total. The lowest BCUT2D eigenvalue weighted by molar-refractivity contribution is 0.447. The summed E-state index contributed by atoms with van der Waals surface area (Å²) in [6.45, 7) is 4.00. The number of rotatable bonds is 6. The van der Waals surface area contributed by atoms with Gasteiger partial charge in [0.25, 0.3) is 10.0 Å². The summed E-state index contributed by atoms with van der Waals surface area (Å²) >= 11 is 4.76. The van der Waals surface area contributed by atoms with Crippen LogP contribution in [0, 0.1) is 6.92 Å². The van der Waals surface area contributed by atoms with Gasteiger partial charge >= 0.3 is 0 Å². The van der Waals surface area contributed by atoms with Crippen LogP contribution in [0.4, 0.5) is 0 Å². The van der Waals surface area contributed by atoms with Gasteiger partial charge in [-0.05, 0) is 13.3 Å². The third-order valence-electron chi connectivity index (χ3n) is 2.10. The number of aromatic amines is 1. The number of imidazole rings is 1. The van der Waals surface area contributed by atoms with E-state index >= 15 is 0 Å². The highest BCUT2D eigenvalue weighted by Crippen LogP contribution is 2.13. The van der Waals surface area contributed by atoms with E-state index in [9.17, 15) is 8.42 Å². The summed E-state index contributed by atoms with van der Waals surface area (Å²) in [5.41, 5.74) is 5.40. The summed E-state index contributed by atoms with van der Waals surface area (Å²) in [6.07, 6.45) is 1.99. The van der Waals surface area contributed by atoms with E-state index in [0.29, 0.717) is 18.8 Å². The standard InChI is InChI=1S/C9H16N4O2S2/c1-3-4-13(6-8(10)16)17(14,15)9-5-11-7(2)12-9/h5H,3-4,6H2,1-2H3,(H2,10,16)(H,11,12). The minimum Gasteiger partial charge on any atom is -0.392 e. The molecule has 0 bridgehead atoms. The second kappa shape index (κ2) is 5.56. The first-order valence-corrected chi connectivity index (χ1v) is 7.02. The Hall–Kier alpha value is -0.990. The first-order chi connectivity index (χ1) is 7.87. The Kier molecular flexibility index (Phi) is 4.61. The van der Waals surface area contributed by atoms with Gasteiger partial charge < -0.3 is 10.7 Å². The van der Waals surface area contributed by atoms with E-state index in [0.717, 1.165) is 0 Å². The Bertz CT molecular complexity index is 495. The van der Waals surface area contributed by atoms with E-state index in [2.05, 4.69) is 9.97 Å². The predicted octanol–water partition coefficient (Wildman–Crippen LogP) is 0.405. The minimum absolute atomic E-state index is 0.0452. The molecule has 0 spiro atoms. The molecule has 0 atom stereocenters. The molecule has 0 amide bonds. The normalized spacial score (nSPS) is 11.9. The van der Waals surface area contributed by atoms with Crippen molar-refractivity contribution in [2.24, 2.45) is 5.73 Å². The van der Waals surface area contributed by atoms with E-state index in [1.807, 2.05) is 6.92 Å².